The first-order chi connectivity index (χ1) is 6.98. The molecule has 1 aliphatic heterocycles. The van der Waals surface area contributed by atoms with Gasteiger partial charge in [0.1, 0.15) is 5.82 Å². The predicted molar refractivity (Wildman–Crippen MR) is 54.8 cm³/mol. The molecule has 0 fully saturated rings. The number of hydrogen-bond donors (Lipinski definition) is 1. The van der Waals surface area contributed by atoms with Crippen molar-refractivity contribution >= 4 is 9.84 Å². The molecule has 0 aromatic heterocycles. The molecule has 1 aromatic carbocycles. The molecule has 2 unspecified atom stereocenters. The molecule has 2 rings (SSSR count). The minimum atomic E-state index is -3.37. The summed E-state index contributed by atoms with van der Waals surface area (Å²) in [5.74, 6) is -0.513. The van der Waals surface area contributed by atoms with Crippen molar-refractivity contribution in [1.29, 1.82) is 0 Å². The standard InChI is InChI=1S/C10H12FNO2S/c1-6-10(12-2)8-4-3-7(11)5-9(8)15(6,13)14/h3-6,10,12H,1-2H3. The fourth-order valence-corrected chi connectivity index (χ4v) is 3.88. The molecular formula is C10H12FNO2S. The van der Waals surface area contributed by atoms with E-state index in [1.807, 2.05) is 0 Å². The van der Waals surface area contributed by atoms with E-state index in [1.165, 1.54) is 12.1 Å². The van der Waals surface area contributed by atoms with E-state index in [2.05, 4.69) is 5.32 Å². The second-order valence-corrected chi connectivity index (χ2v) is 5.97. The van der Waals surface area contributed by atoms with Gasteiger partial charge in [0.25, 0.3) is 0 Å². The lowest BCUT2D eigenvalue weighted by Crippen LogP contribution is -2.26. The lowest BCUT2D eigenvalue weighted by atomic mass is 10.1. The van der Waals surface area contributed by atoms with E-state index in [0.717, 1.165) is 6.07 Å². The Labute approximate surface area is 88.2 Å². The zero-order valence-corrected chi connectivity index (χ0v) is 9.31. The van der Waals surface area contributed by atoms with E-state index in [-0.39, 0.29) is 10.9 Å². The Morgan fingerprint density at radius 1 is 1.40 bits per heavy atom. The van der Waals surface area contributed by atoms with Crippen LogP contribution >= 0.6 is 0 Å². The van der Waals surface area contributed by atoms with Crippen LogP contribution in [0.1, 0.15) is 18.5 Å². The number of sulfone groups is 1. The third-order valence-corrected chi connectivity index (χ3v) is 5.10. The Bertz CT molecular complexity index is 498. The molecule has 0 aliphatic carbocycles. The van der Waals surface area contributed by atoms with Gasteiger partial charge in [-0.3, -0.25) is 0 Å². The summed E-state index contributed by atoms with van der Waals surface area (Å²) in [5.41, 5.74) is 0.659. The van der Waals surface area contributed by atoms with Crippen LogP contribution in [0.25, 0.3) is 0 Å². The van der Waals surface area contributed by atoms with Gasteiger partial charge in [0, 0.05) is 0 Å². The number of rotatable bonds is 1. The Morgan fingerprint density at radius 3 is 2.67 bits per heavy atom. The van der Waals surface area contributed by atoms with Gasteiger partial charge in [0.05, 0.1) is 16.2 Å². The summed E-state index contributed by atoms with van der Waals surface area (Å²) >= 11 is 0. The van der Waals surface area contributed by atoms with Crippen LogP contribution in [0.5, 0.6) is 0 Å². The molecule has 1 heterocycles. The average Bonchev–Trinajstić information content (AvgIpc) is 2.37. The molecule has 0 saturated heterocycles. The summed E-state index contributed by atoms with van der Waals surface area (Å²) in [7, 11) is -1.67. The molecule has 3 nitrogen and oxygen atoms in total. The van der Waals surface area contributed by atoms with Crippen molar-refractivity contribution in [3.8, 4) is 0 Å². The van der Waals surface area contributed by atoms with Crippen LogP contribution in [-0.2, 0) is 9.84 Å². The summed E-state index contributed by atoms with van der Waals surface area (Å²) in [5, 5.41) is 2.40. The Balaban J connectivity index is 2.71. The lowest BCUT2D eigenvalue weighted by Gasteiger charge is -2.13. The largest absolute Gasteiger partial charge is 0.312 e. The second-order valence-electron chi connectivity index (χ2n) is 3.70. The quantitative estimate of drug-likeness (QED) is 0.788. The predicted octanol–water partition coefficient (Wildman–Crippen LogP) is 1.26. The van der Waals surface area contributed by atoms with Gasteiger partial charge < -0.3 is 5.32 Å². The van der Waals surface area contributed by atoms with Crippen LogP contribution in [0.4, 0.5) is 4.39 Å². The van der Waals surface area contributed by atoms with E-state index >= 15 is 0 Å². The Hall–Kier alpha value is -0.940. The molecule has 0 saturated carbocycles. The van der Waals surface area contributed by atoms with Gasteiger partial charge >= 0.3 is 0 Å². The SMILES string of the molecule is CNC1c2ccc(F)cc2S(=O)(=O)C1C. The highest BCUT2D eigenvalue weighted by Gasteiger charge is 2.41. The highest BCUT2D eigenvalue weighted by molar-refractivity contribution is 7.92. The molecule has 0 amide bonds. The molecule has 82 valence electrons. The summed E-state index contributed by atoms with van der Waals surface area (Å²) in [6.07, 6.45) is 0. The van der Waals surface area contributed by atoms with E-state index < -0.39 is 20.9 Å². The van der Waals surface area contributed by atoms with Crippen LogP contribution in [0, 0.1) is 5.82 Å². The lowest BCUT2D eigenvalue weighted by molar-refractivity contribution is 0.553. The van der Waals surface area contributed by atoms with E-state index in [9.17, 15) is 12.8 Å². The van der Waals surface area contributed by atoms with Crippen LogP contribution in [0.3, 0.4) is 0 Å². The number of halogens is 1. The van der Waals surface area contributed by atoms with Crippen LogP contribution < -0.4 is 5.32 Å². The third kappa shape index (κ3) is 1.38. The molecule has 0 bridgehead atoms. The molecule has 5 heteroatoms. The van der Waals surface area contributed by atoms with Gasteiger partial charge in [0.2, 0.25) is 0 Å². The van der Waals surface area contributed by atoms with Gasteiger partial charge in [-0.25, -0.2) is 12.8 Å². The zero-order valence-electron chi connectivity index (χ0n) is 8.49. The second kappa shape index (κ2) is 3.28. The maximum atomic E-state index is 13.0. The van der Waals surface area contributed by atoms with Crippen molar-refractivity contribution in [3.63, 3.8) is 0 Å². The van der Waals surface area contributed by atoms with Crippen LogP contribution in [-0.4, -0.2) is 20.7 Å². The summed E-state index contributed by atoms with van der Waals surface area (Å²) in [4.78, 5) is 0.120. The van der Waals surface area contributed by atoms with Crippen LogP contribution in [0.15, 0.2) is 23.1 Å². The van der Waals surface area contributed by atoms with Crippen molar-refractivity contribution in [2.45, 2.75) is 23.1 Å². The van der Waals surface area contributed by atoms with Crippen molar-refractivity contribution in [3.05, 3.63) is 29.6 Å². The highest BCUT2D eigenvalue weighted by atomic mass is 32.2. The first kappa shape index (κ1) is 10.6. The topological polar surface area (TPSA) is 46.2 Å². The van der Waals surface area contributed by atoms with E-state index in [1.54, 1.807) is 14.0 Å². The summed E-state index contributed by atoms with van der Waals surface area (Å²) < 4.78 is 36.8. The minimum Gasteiger partial charge on any atom is -0.312 e. The average molecular weight is 229 g/mol. The summed E-state index contributed by atoms with van der Waals surface area (Å²) in [6.45, 7) is 1.63. The normalized spacial score (nSPS) is 27.7. The monoisotopic (exact) mass is 229 g/mol. The minimum absolute atomic E-state index is 0.120. The molecule has 1 aromatic rings. The number of hydrogen-bond acceptors (Lipinski definition) is 3. The van der Waals surface area contributed by atoms with Crippen LogP contribution in [0.2, 0.25) is 0 Å². The molecule has 1 N–H and O–H groups in total. The molecule has 15 heavy (non-hydrogen) atoms. The highest BCUT2D eigenvalue weighted by Crippen LogP contribution is 2.38. The zero-order chi connectivity index (χ0) is 11.2. The van der Waals surface area contributed by atoms with Gasteiger partial charge in [-0.2, -0.15) is 0 Å². The van der Waals surface area contributed by atoms with Gasteiger partial charge in [-0.1, -0.05) is 6.07 Å². The van der Waals surface area contributed by atoms with Gasteiger partial charge in [0.15, 0.2) is 9.84 Å². The Kier molecular flexibility index (Phi) is 2.31. The maximum Gasteiger partial charge on any atom is 0.183 e. The first-order valence-corrected chi connectivity index (χ1v) is 6.23. The van der Waals surface area contributed by atoms with E-state index in [0.29, 0.717) is 5.56 Å². The molecule has 0 radical (unpaired) electrons. The van der Waals surface area contributed by atoms with Crippen molar-refractivity contribution in [1.82, 2.24) is 5.32 Å². The van der Waals surface area contributed by atoms with Gasteiger partial charge in [-0.05, 0) is 31.7 Å². The number of benzene rings is 1. The third-order valence-electron chi connectivity index (χ3n) is 2.89. The van der Waals surface area contributed by atoms with Crippen molar-refractivity contribution in [2.24, 2.45) is 0 Å². The summed E-state index contributed by atoms with van der Waals surface area (Å²) in [6, 6.07) is 3.67. The fourth-order valence-electron chi connectivity index (χ4n) is 2.03. The Morgan fingerprint density at radius 2 is 2.07 bits per heavy atom. The number of nitrogens with one attached hydrogen (secondary N) is 1. The van der Waals surface area contributed by atoms with Crippen molar-refractivity contribution < 1.29 is 12.8 Å². The van der Waals surface area contributed by atoms with Gasteiger partial charge in [-0.15, -0.1) is 0 Å². The molecule has 1 aliphatic rings. The molecular weight excluding hydrogens is 217 g/mol. The van der Waals surface area contributed by atoms with Crippen molar-refractivity contribution in [2.75, 3.05) is 7.05 Å². The smallest absolute Gasteiger partial charge is 0.183 e. The number of fused-ring (bicyclic) bond motifs is 1. The first-order valence-electron chi connectivity index (χ1n) is 4.69. The van der Waals surface area contributed by atoms with E-state index in [4.69, 9.17) is 0 Å². The maximum absolute atomic E-state index is 13.0. The molecule has 2 atom stereocenters. The fraction of sp³-hybridized carbons (Fsp3) is 0.400. The molecule has 0 spiro atoms.